The number of rotatable bonds is 7. The first kappa shape index (κ1) is 21.9. The summed E-state index contributed by atoms with van der Waals surface area (Å²) in [6.45, 7) is 4.57. The topological polar surface area (TPSA) is 60.8 Å². The maximum Gasteiger partial charge on any atom is 0.303 e. The molecule has 4 heteroatoms. The first-order chi connectivity index (χ1) is 12.3. The van der Waals surface area contributed by atoms with Gasteiger partial charge < -0.3 is 15.1 Å². The Morgan fingerprint density at radius 2 is 1.50 bits per heavy atom. The molecule has 2 atom stereocenters. The summed E-state index contributed by atoms with van der Waals surface area (Å²) in [5.41, 5.74) is 1.30. The van der Waals surface area contributed by atoms with Crippen LogP contribution in [0, 0.1) is 5.92 Å². The summed E-state index contributed by atoms with van der Waals surface area (Å²) in [5, 5.41) is 19.1. The van der Waals surface area contributed by atoms with Gasteiger partial charge in [0, 0.05) is 25.3 Å². The van der Waals surface area contributed by atoms with E-state index in [1.54, 1.807) is 6.92 Å². The van der Waals surface area contributed by atoms with E-state index >= 15 is 0 Å². The highest BCUT2D eigenvalue weighted by Crippen LogP contribution is 2.33. The lowest BCUT2D eigenvalue weighted by atomic mass is 9.77. The Labute approximate surface area is 157 Å². The van der Waals surface area contributed by atoms with Crippen molar-refractivity contribution >= 4 is 5.97 Å². The van der Waals surface area contributed by atoms with Crippen molar-refractivity contribution in [1.29, 1.82) is 0 Å². The van der Waals surface area contributed by atoms with Gasteiger partial charge in [-0.05, 0) is 25.2 Å². The number of aliphatic carboxylic acids is 1. The summed E-state index contributed by atoms with van der Waals surface area (Å²) >= 11 is 0. The summed E-state index contributed by atoms with van der Waals surface area (Å²) in [7, 11) is 4.09. The molecule has 0 aliphatic carbocycles. The number of nitrogens with zero attached hydrogens (tertiary/aromatic N) is 1. The van der Waals surface area contributed by atoms with Crippen LogP contribution in [-0.4, -0.2) is 41.7 Å². The highest BCUT2D eigenvalue weighted by Gasteiger charge is 2.35. The van der Waals surface area contributed by atoms with Crippen molar-refractivity contribution in [1.82, 2.24) is 4.90 Å². The fourth-order valence-electron chi connectivity index (χ4n) is 2.89. The van der Waals surface area contributed by atoms with E-state index in [0.717, 1.165) is 17.7 Å². The Bertz CT molecular complexity index is 643. The molecule has 0 saturated carbocycles. The first-order valence-electron chi connectivity index (χ1n) is 8.98. The predicted octanol–water partition coefficient (Wildman–Crippen LogP) is 3.80. The van der Waals surface area contributed by atoms with E-state index in [2.05, 4.69) is 24.0 Å². The Morgan fingerprint density at radius 3 is 1.92 bits per heavy atom. The van der Waals surface area contributed by atoms with Crippen molar-refractivity contribution in [2.75, 3.05) is 20.6 Å². The Hall–Kier alpha value is -2.17. The summed E-state index contributed by atoms with van der Waals surface area (Å²) in [5.74, 6) is -0.611. The second-order valence-electron chi connectivity index (χ2n) is 6.86. The van der Waals surface area contributed by atoms with Gasteiger partial charge in [0.25, 0.3) is 0 Å². The number of hydrogen-bond donors (Lipinski definition) is 2. The van der Waals surface area contributed by atoms with Gasteiger partial charge in [-0.2, -0.15) is 0 Å². The van der Waals surface area contributed by atoms with Crippen molar-refractivity contribution in [2.45, 2.75) is 32.3 Å². The van der Waals surface area contributed by atoms with Gasteiger partial charge >= 0.3 is 5.97 Å². The van der Waals surface area contributed by atoms with Crippen LogP contribution < -0.4 is 0 Å². The molecule has 2 aromatic rings. The van der Waals surface area contributed by atoms with Crippen LogP contribution in [0.1, 0.15) is 31.4 Å². The summed E-state index contributed by atoms with van der Waals surface area (Å²) < 4.78 is 0. The fourth-order valence-corrected chi connectivity index (χ4v) is 2.89. The second kappa shape index (κ2) is 10.7. The zero-order valence-electron chi connectivity index (χ0n) is 16.2. The largest absolute Gasteiger partial charge is 0.481 e. The van der Waals surface area contributed by atoms with E-state index in [1.807, 2.05) is 62.6 Å². The molecule has 0 amide bonds. The Balaban J connectivity index is 0.000000597. The summed E-state index contributed by atoms with van der Waals surface area (Å²) in [6, 6.07) is 20.2. The van der Waals surface area contributed by atoms with Crippen LogP contribution in [0.3, 0.4) is 0 Å². The molecule has 0 aliphatic rings. The third-order valence-electron chi connectivity index (χ3n) is 4.35. The van der Waals surface area contributed by atoms with Gasteiger partial charge in [0.15, 0.2) is 0 Å². The van der Waals surface area contributed by atoms with E-state index in [-0.39, 0.29) is 12.3 Å². The smallest absolute Gasteiger partial charge is 0.303 e. The molecule has 0 aromatic heterocycles. The molecule has 4 nitrogen and oxygen atoms in total. The quantitative estimate of drug-likeness (QED) is 0.791. The van der Waals surface area contributed by atoms with Gasteiger partial charge in [0.1, 0.15) is 0 Å². The maximum absolute atomic E-state index is 11.4. The van der Waals surface area contributed by atoms with Gasteiger partial charge in [-0.15, -0.1) is 0 Å². The first-order valence-corrected chi connectivity index (χ1v) is 8.98. The number of carbonyl (C=O) groups is 1. The third-order valence-corrected chi connectivity index (χ3v) is 4.35. The zero-order chi connectivity index (χ0) is 19.6. The van der Waals surface area contributed by atoms with Crippen molar-refractivity contribution in [3.8, 4) is 0 Å². The molecule has 2 N–H and O–H groups in total. The van der Waals surface area contributed by atoms with Crippen molar-refractivity contribution in [3.63, 3.8) is 0 Å². The second-order valence-corrected chi connectivity index (χ2v) is 6.86. The van der Waals surface area contributed by atoms with Crippen molar-refractivity contribution < 1.29 is 15.0 Å². The van der Waals surface area contributed by atoms with E-state index in [4.69, 9.17) is 5.11 Å². The highest BCUT2D eigenvalue weighted by molar-refractivity contribution is 5.66. The van der Waals surface area contributed by atoms with Crippen LogP contribution in [0.2, 0.25) is 0 Å². The number of benzene rings is 2. The molecule has 0 heterocycles. The molecule has 2 rings (SSSR count). The van der Waals surface area contributed by atoms with Crippen molar-refractivity contribution in [2.24, 2.45) is 5.92 Å². The van der Waals surface area contributed by atoms with Gasteiger partial charge in [-0.1, -0.05) is 74.5 Å². The van der Waals surface area contributed by atoms with Crippen LogP contribution in [0.5, 0.6) is 0 Å². The standard InChI is InChI=1S/C19H25NO.C3H6O2/c1-16(15-20(2)3)19(21,18-12-8-5-9-13-18)14-17-10-6-4-7-11-17;1-2-3(4)5/h4-13,16,21H,14-15H2,1-3H3;2H2,1H3,(H,4,5). The van der Waals surface area contributed by atoms with Crippen LogP contribution in [0.25, 0.3) is 0 Å². The average molecular weight is 357 g/mol. The van der Waals surface area contributed by atoms with E-state index in [9.17, 15) is 9.90 Å². The Morgan fingerprint density at radius 1 is 1.04 bits per heavy atom. The molecule has 2 unspecified atom stereocenters. The molecular weight excluding hydrogens is 326 g/mol. The monoisotopic (exact) mass is 357 g/mol. The number of carboxylic acid groups (broad SMARTS) is 1. The number of aliphatic hydroxyl groups is 1. The van der Waals surface area contributed by atoms with Gasteiger partial charge in [0.2, 0.25) is 0 Å². The fraction of sp³-hybridized carbons (Fsp3) is 0.409. The number of hydrogen-bond acceptors (Lipinski definition) is 3. The molecule has 142 valence electrons. The minimum atomic E-state index is -0.854. The zero-order valence-corrected chi connectivity index (χ0v) is 16.2. The van der Waals surface area contributed by atoms with Gasteiger partial charge in [0.05, 0.1) is 5.60 Å². The SMILES string of the molecule is CC(CN(C)C)C(O)(Cc1ccccc1)c1ccccc1.CCC(=O)O. The highest BCUT2D eigenvalue weighted by atomic mass is 16.4. The summed E-state index contributed by atoms with van der Waals surface area (Å²) in [4.78, 5) is 11.5. The van der Waals surface area contributed by atoms with Crippen LogP contribution >= 0.6 is 0 Å². The molecule has 26 heavy (non-hydrogen) atoms. The Kier molecular flexibility index (Phi) is 9.03. The lowest BCUT2D eigenvalue weighted by molar-refractivity contribution is -0.136. The number of carboxylic acids is 1. The van der Waals surface area contributed by atoms with E-state index in [0.29, 0.717) is 6.42 Å². The molecular formula is C22H31NO3. The van der Waals surface area contributed by atoms with E-state index < -0.39 is 11.6 Å². The van der Waals surface area contributed by atoms with Crippen LogP contribution in [0.15, 0.2) is 60.7 Å². The van der Waals surface area contributed by atoms with E-state index in [1.165, 1.54) is 0 Å². The normalized spacial score (nSPS) is 14.1. The third kappa shape index (κ3) is 6.98. The van der Waals surface area contributed by atoms with Crippen molar-refractivity contribution in [3.05, 3.63) is 71.8 Å². The molecule has 0 bridgehead atoms. The molecule has 2 aromatic carbocycles. The minimum absolute atomic E-state index is 0.134. The molecule has 0 radical (unpaired) electrons. The lowest BCUT2D eigenvalue weighted by Crippen LogP contribution is -2.41. The minimum Gasteiger partial charge on any atom is -0.481 e. The lowest BCUT2D eigenvalue weighted by Gasteiger charge is -2.36. The average Bonchev–Trinajstić information content (AvgIpc) is 2.63. The molecule has 0 aliphatic heterocycles. The maximum atomic E-state index is 11.4. The van der Waals surface area contributed by atoms with Crippen LogP contribution in [0.4, 0.5) is 0 Å². The molecule has 0 fully saturated rings. The van der Waals surface area contributed by atoms with Gasteiger partial charge in [-0.25, -0.2) is 0 Å². The molecule has 0 saturated heterocycles. The predicted molar refractivity (Wildman–Crippen MR) is 106 cm³/mol. The van der Waals surface area contributed by atoms with Crippen LogP contribution in [-0.2, 0) is 16.8 Å². The molecule has 0 spiro atoms. The summed E-state index contributed by atoms with van der Waals surface area (Å²) in [6.07, 6.45) is 0.854. The van der Waals surface area contributed by atoms with Gasteiger partial charge in [-0.3, -0.25) is 4.79 Å².